The predicted octanol–water partition coefficient (Wildman–Crippen LogP) is 3.00. The molecule has 33 heavy (non-hydrogen) atoms. The van der Waals surface area contributed by atoms with Gasteiger partial charge in [0.2, 0.25) is 5.75 Å². The van der Waals surface area contributed by atoms with Crippen molar-refractivity contribution in [2.45, 2.75) is 13.0 Å². The average molecular weight is 457 g/mol. The standard InChI is InChI=1S/C23H27N3O7/c1-12-19(22(27)25-15-11-14(29-2)7-8-16(15)30-3)20(26-23(28)24-12)13-9-17(31-4)21(33-6)18(10-13)32-5/h7-11,20H,1-6H3,(H,25,27)(H2,24,26,28)/t20-/m0/s1. The third kappa shape index (κ3) is 4.74. The Hall–Kier alpha value is -4.08. The molecule has 3 N–H and O–H groups in total. The summed E-state index contributed by atoms with van der Waals surface area (Å²) in [4.78, 5) is 25.7. The number of amides is 3. The number of rotatable bonds is 8. The molecule has 0 bridgehead atoms. The van der Waals surface area contributed by atoms with E-state index in [-0.39, 0.29) is 0 Å². The molecule has 0 aliphatic carbocycles. The second kappa shape index (κ2) is 10.0. The van der Waals surface area contributed by atoms with Gasteiger partial charge in [0.1, 0.15) is 11.5 Å². The van der Waals surface area contributed by atoms with Crippen LogP contribution in [0.4, 0.5) is 10.5 Å². The smallest absolute Gasteiger partial charge is 0.319 e. The molecule has 0 unspecified atom stereocenters. The minimum Gasteiger partial charge on any atom is -0.497 e. The minimum atomic E-state index is -0.788. The first kappa shape index (κ1) is 23.6. The highest BCUT2D eigenvalue weighted by atomic mass is 16.5. The van der Waals surface area contributed by atoms with Crippen molar-refractivity contribution in [3.05, 3.63) is 47.2 Å². The Morgan fingerprint density at radius 2 is 1.52 bits per heavy atom. The van der Waals surface area contributed by atoms with Crippen LogP contribution in [0.2, 0.25) is 0 Å². The van der Waals surface area contributed by atoms with Crippen LogP contribution in [-0.2, 0) is 4.79 Å². The Balaban J connectivity index is 2.06. The lowest BCUT2D eigenvalue weighted by Gasteiger charge is -2.29. The van der Waals surface area contributed by atoms with Crippen LogP contribution in [-0.4, -0.2) is 47.5 Å². The number of allylic oxidation sites excluding steroid dienone is 1. The number of benzene rings is 2. The van der Waals surface area contributed by atoms with Crippen LogP contribution in [0.5, 0.6) is 28.7 Å². The van der Waals surface area contributed by atoms with E-state index in [1.165, 1.54) is 35.5 Å². The van der Waals surface area contributed by atoms with Crippen LogP contribution in [0.15, 0.2) is 41.6 Å². The van der Waals surface area contributed by atoms with E-state index in [1.54, 1.807) is 37.3 Å². The van der Waals surface area contributed by atoms with Gasteiger partial charge in [0.15, 0.2) is 11.5 Å². The quantitative estimate of drug-likeness (QED) is 0.558. The number of nitrogens with one attached hydrogen (secondary N) is 3. The monoisotopic (exact) mass is 457 g/mol. The molecule has 0 spiro atoms. The number of hydrogen-bond donors (Lipinski definition) is 3. The molecule has 176 valence electrons. The molecule has 3 amide bonds. The fourth-order valence-corrected chi connectivity index (χ4v) is 3.61. The van der Waals surface area contributed by atoms with Crippen LogP contribution in [0.3, 0.4) is 0 Å². The lowest BCUT2D eigenvalue weighted by molar-refractivity contribution is -0.113. The molecule has 2 aromatic rings. The molecule has 0 aromatic heterocycles. The van der Waals surface area contributed by atoms with Crippen LogP contribution < -0.4 is 39.6 Å². The van der Waals surface area contributed by atoms with Gasteiger partial charge in [-0.1, -0.05) is 0 Å². The summed E-state index contributed by atoms with van der Waals surface area (Å²) in [7, 11) is 7.51. The molecule has 0 radical (unpaired) electrons. The van der Waals surface area contributed by atoms with Gasteiger partial charge in [0.05, 0.1) is 52.9 Å². The molecule has 1 heterocycles. The summed E-state index contributed by atoms with van der Waals surface area (Å²) in [5.74, 6) is 1.76. The van der Waals surface area contributed by atoms with Crippen LogP contribution in [0.25, 0.3) is 0 Å². The van der Waals surface area contributed by atoms with E-state index in [1.807, 2.05) is 0 Å². The summed E-state index contributed by atoms with van der Waals surface area (Å²) in [6, 6.07) is 7.20. The van der Waals surface area contributed by atoms with Crippen LogP contribution in [0.1, 0.15) is 18.5 Å². The van der Waals surface area contributed by atoms with Gasteiger partial charge >= 0.3 is 6.03 Å². The van der Waals surface area contributed by atoms with E-state index in [0.717, 1.165) is 0 Å². The van der Waals surface area contributed by atoms with Gasteiger partial charge in [-0.2, -0.15) is 0 Å². The van der Waals surface area contributed by atoms with Crippen molar-refractivity contribution in [2.75, 3.05) is 40.9 Å². The number of carbonyl (C=O) groups excluding carboxylic acids is 2. The molecule has 10 nitrogen and oxygen atoms in total. The topological polar surface area (TPSA) is 116 Å². The highest BCUT2D eigenvalue weighted by Gasteiger charge is 2.33. The molecule has 2 aromatic carbocycles. The second-order valence-electron chi connectivity index (χ2n) is 7.05. The van der Waals surface area contributed by atoms with Crippen molar-refractivity contribution in [3.63, 3.8) is 0 Å². The van der Waals surface area contributed by atoms with Gasteiger partial charge in [0, 0.05) is 11.8 Å². The fraction of sp³-hybridized carbons (Fsp3) is 0.304. The first-order valence-electron chi connectivity index (χ1n) is 9.98. The molecule has 3 rings (SSSR count). The summed E-state index contributed by atoms with van der Waals surface area (Å²) in [5, 5.41) is 8.30. The van der Waals surface area contributed by atoms with Crippen molar-refractivity contribution < 1.29 is 33.3 Å². The zero-order valence-electron chi connectivity index (χ0n) is 19.3. The number of ether oxygens (including phenoxy) is 5. The maximum absolute atomic E-state index is 13.4. The minimum absolute atomic E-state index is 0.300. The summed E-state index contributed by atoms with van der Waals surface area (Å²) in [6.45, 7) is 1.65. The van der Waals surface area contributed by atoms with Gasteiger partial charge in [0.25, 0.3) is 5.91 Å². The molecule has 0 fully saturated rings. The summed E-state index contributed by atoms with van der Waals surface area (Å²) < 4.78 is 26.8. The SMILES string of the molecule is COc1ccc(OC)c(NC(=O)C2=C(C)NC(=O)N[C@H]2c2cc(OC)c(OC)c(OC)c2)c1. The van der Waals surface area contributed by atoms with E-state index in [4.69, 9.17) is 23.7 Å². The third-order valence-corrected chi connectivity index (χ3v) is 5.19. The van der Waals surface area contributed by atoms with Gasteiger partial charge in [-0.15, -0.1) is 0 Å². The molecular formula is C23H27N3O7. The average Bonchev–Trinajstić information content (AvgIpc) is 2.82. The van der Waals surface area contributed by atoms with Gasteiger partial charge < -0.3 is 39.6 Å². The number of hydrogen-bond acceptors (Lipinski definition) is 7. The molecule has 1 atom stereocenters. The lowest BCUT2D eigenvalue weighted by atomic mass is 9.94. The number of urea groups is 1. The molecular weight excluding hydrogens is 430 g/mol. The second-order valence-corrected chi connectivity index (χ2v) is 7.05. The van der Waals surface area contributed by atoms with Crippen molar-refractivity contribution >= 4 is 17.6 Å². The van der Waals surface area contributed by atoms with Crippen molar-refractivity contribution in [1.82, 2.24) is 10.6 Å². The Morgan fingerprint density at radius 1 is 0.879 bits per heavy atom. The van der Waals surface area contributed by atoms with Crippen LogP contribution >= 0.6 is 0 Å². The first-order valence-corrected chi connectivity index (χ1v) is 9.98. The highest BCUT2D eigenvalue weighted by Crippen LogP contribution is 2.41. The van der Waals surface area contributed by atoms with E-state index in [0.29, 0.717) is 51.3 Å². The summed E-state index contributed by atoms with van der Waals surface area (Å²) in [6.07, 6.45) is 0. The Kier molecular flexibility index (Phi) is 7.17. The van der Waals surface area contributed by atoms with Gasteiger partial charge in [-0.25, -0.2) is 4.79 Å². The molecule has 0 saturated heterocycles. The number of methoxy groups -OCH3 is 5. The first-order chi connectivity index (χ1) is 15.9. The zero-order valence-corrected chi connectivity index (χ0v) is 19.3. The number of anilines is 1. The highest BCUT2D eigenvalue weighted by molar-refractivity contribution is 6.07. The molecule has 10 heteroatoms. The molecule has 0 saturated carbocycles. The van der Waals surface area contributed by atoms with E-state index < -0.39 is 18.0 Å². The summed E-state index contributed by atoms with van der Waals surface area (Å²) >= 11 is 0. The third-order valence-electron chi connectivity index (χ3n) is 5.19. The maximum Gasteiger partial charge on any atom is 0.319 e. The Bertz CT molecular complexity index is 1070. The van der Waals surface area contributed by atoms with E-state index >= 15 is 0 Å². The Morgan fingerprint density at radius 3 is 2.06 bits per heavy atom. The zero-order chi connectivity index (χ0) is 24.1. The number of carbonyl (C=O) groups is 2. The molecule has 1 aliphatic rings. The lowest BCUT2D eigenvalue weighted by Crippen LogP contribution is -2.46. The van der Waals surface area contributed by atoms with Crippen molar-refractivity contribution in [2.24, 2.45) is 0 Å². The van der Waals surface area contributed by atoms with Crippen LogP contribution in [0, 0.1) is 0 Å². The van der Waals surface area contributed by atoms with Crippen molar-refractivity contribution in [1.29, 1.82) is 0 Å². The molecule has 1 aliphatic heterocycles. The maximum atomic E-state index is 13.4. The fourth-order valence-electron chi connectivity index (χ4n) is 3.61. The Labute approximate surface area is 191 Å². The largest absolute Gasteiger partial charge is 0.497 e. The van der Waals surface area contributed by atoms with Crippen molar-refractivity contribution in [3.8, 4) is 28.7 Å². The van der Waals surface area contributed by atoms with Gasteiger partial charge in [-0.3, -0.25) is 4.79 Å². The predicted molar refractivity (Wildman–Crippen MR) is 121 cm³/mol. The summed E-state index contributed by atoms with van der Waals surface area (Å²) in [5.41, 5.74) is 1.69. The van der Waals surface area contributed by atoms with Gasteiger partial charge in [-0.05, 0) is 36.8 Å². The normalized spacial score (nSPS) is 15.2. The van der Waals surface area contributed by atoms with E-state index in [2.05, 4.69) is 16.0 Å². The van der Waals surface area contributed by atoms with E-state index in [9.17, 15) is 9.59 Å².